The molecule has 1 unspecified atom stereocenters. The maximum Gasteiger partial charge on any atom is 0.143 e. The van der Waals surface area contributed by atoms with Gasteiger partial charge in [0.15, 0.2) is 0 Å². The zero-order chi connectivity index (χ0) is 19.5. The van der Waals surface area contributed by atoms with Gasteiger partial charge in [-0.3, -0.25) is 0 Å². The van der Waals surface area contributed by atoms with Gasteiger partial charge in [0.25, 0.3) is 0 Å². The van der Waals surface area contributed by atoms with E-state index in [1.165, 1.54) is 0 Å². The summed E-state index contributed by atoms with van der Waals surface area (Å²) in [6, 6.07) is 31.2. The quantitative estimate of drug-likeness (QED) is 0.591. The van der Waals surface area contributed by atoms with Gasteiger partial charge in [0.05, 0.1) is 30.9 Å². The third-order valence-electron chi connectivity index (χ3n) is 5.76. The van der Waals surface area contributed by atoms with Crippen molar-refractivity contribution in [2.24, 2.45) is 11.1 Å². The van der Waals surface area contributed by atoms with Crippen molar-refractivity contribution in [3.8, 4) is 0 Å². The third-order valence-corrected chi connectivity index (χ3v) is 5.76. The minimum Gasteiger partial charge on any atom is -0.395 e. The second-order valence-corrected chi connectivity index (χ2v) is 7.42. The van der Waals surface area contributed by atoms with Crippen molar-refractivity contribution in [2.45, 2.75) is 11.7 Å². The van der Waals surface area contributed by atoms with Crippen molar-refractivity contribution >= 4 is 5.71 Å². The lowest BCUT2D eigenvalue weighted by atomic mass is 9.80. The first-order chi connectivity index (χ1) is 14.4. The third kappa shape index (κ3) is 3.24. The van der Waals surface area contributed by atoms with Crippen LogP contribution in [0.1, 0.15) is 16.7 Å². The first-order valence-corrected chi connectivity index (χ1v) is 9.99. The van der Waals surface area contributed by atoms with E-state index in [2.05, 4.69) is 78.0 Å². The molecule has 0 radical (unpaired) electrons. The molecule has 29 heavy (non-hydrogen) atoms. The second kappa shape index (κ2) is 7.82. The Hall–Kier alpha value is -2.95. The van der Waals surface area contributed by atoms with Crippen molar-refractivity contribution < 1.29 is 14.3 Å². The number of benzene rings is 3. The molecule has 5 rings (SSSR count). The molecule has 0 spiro atoms. The van der Waals surface area contributed by atoms with Gasteiger partial charge in [0.2, 0.25) is 0 Å². The number of fused-ring (bicyclic) bond motifs is 1. The Bertz CT molecular complexity index is 876. The predicted octanol–water partition coefficient (Wildman–Crippen LogP) is 4.40. The van der Waals surface area contributed by atoms with Gasteiger partial charge in [-0.15, -0.1) is 0 Å². The minimum absolute atomic E-state index is 0.0632. The summed E-state index contributed by atoms with van der Waals surface area (Å²) in [6.07, 6.45) is -0.0632. The van der Waals surface area contributed by atoms with Gasteiger partial charge in [0.1, 0.15) is 12.2 Å². The lowest BCUT2D eigenvalue weighted by molar-refractivity contribution is -0.0623. The fourth-order valence-electron chi connectivity index (χ4n) is 4.27. The standard InChI is InChI=1S/C25H23NO3/c1-4-10-19(11-5-1)25(20-12-6-2-7-13-20,21-14-8-3-9-15-21)28-18-24-22-16-29-26-23(22)17-27-24/h1-15,22,24H,16-18H2/t22-,24?/m1/s1. The predicted molar refractivity (Wildman–Crippen MR) is 112 cm³/mol. The summed E-state index contributed by atoms with van der Waals surface area (Å²) in [7, 11) is 0. The Morgan fingerprint density at radius 1 is 0.793 bits per heavy atom. The summed E-state index contributed by atoms with van der Waals surface area (Å²) < 4.78 is 12.8. The number of hydrogen-bond donors (Lipinski definition) is 0. The molecule has 3 aromatic carbocycles. The van der Waals surface area contributed by atoms with E-state index in [4.69, 9.17) is 14.3 Å². The van der Waals surface area contributed by atoms with Crippen LogP contribution in [0.3, 0.4) is 0 Å². The summed E-state index contributed by atoms with van der Waals surface area (Å²) in [5.74, 6) is 0.176. The average Bonchev–Trinajstić information content (AvgIpc) is 3.41. The normalized spacial score (nSPS) is 20.8. The number of nitrogens with zero attached hydrogens (tertiary/aromatic N) is 1. The lowest BCUT2D eigenvalue weighted by Gasteiger charge is -2.37. The lowest BCUT2D eigenvalue weighted by Crippen LogP contribution is -2.37. The van der Waals surface area contributed by atoms with Crippen LogP contribution in [0, 0.1) is 5.92 Å². The summed E-state index contributed by atoms with van der Waals surface area (Å²) in [5, 5.41) is 4.10. The minimum atomic E-state index is -0.730. The molecule has 2 aliphatic heterocycles. The Balaban J connectivity index is 1.59. The van der Waals surface area contributed by atoms with Crippen LogP contribution in [0.2, 0.25) is 0 Å². The highest BCUT2D eigenvalue weighted by Gasteiger charge is 2.43. The van der Waals surface area contributed by atoms with Crippen molar-refractivity contribution in [3.63, 3.8) is 0 Å². The fourth-order valence-corrected chi connectivity index (χ4v) is 4.27. The van der Waals surface area contributed by atoms with Crippen LogP contribution < -0.4 is 0 Å². The Morgan fingerprint density at radius 2 is 1.31 bits per heavy atom. The molecule has 0 N–H and O–H groups in total. The first-order valence-electron chi connectivity index (χ1n) is 9.99. The van der Waals surface area contributed by atoms with Crippen LogP contribution in [-0.4, -0.2) is 31.6 Å². The molecular weight excluding hydrogens is 362 g/mol. The van der Waals surface area contributed by atoms with E-state index < -0.39 is 5.60 Å². The monoisotopic (exact) mass is 385 g/mol. The van der Waals surface area contributed by atoms with Crippen LogP contribution >= 0.6 is 0 Å². The van der Waals surface area contributed by atoms with Crippen LogP contribution in [0.25, 0.3) is 0 Å². The molecule has 1 saturated heterocycles. The maximum absolute atomic E-state index is 6.84. The van der Waals surface area contributed by atoms with E-state index in [1.54, 1.807) is 0 Å². The van der Waals surface area contributed by atoms with Crippen molar-refractivity contribution in [1.29, 1.82) is 0 Å². The summed E-state index contributed by atoms with van der Waals surface area (Å²) >= 11 is 0. The molecule has 2 atom stereocenters. The zero-order valence-corrected chi connectivity index (χ0v) is 16.1. The van der Waals surface area contributed by atoms with Gasteiger partial charge in [0, 0.05) is 0 Å². The molecule has 2 heterocycles. The van der Waals surface area contributed by atoms with Crippen molar-refractivity contribution in [1.82, 2.24) is 0 Å². The van der Waals surface area contributed by atoms with E-state index in [9.17, 15) is 0 Å². The van der Waals surface area contributed by atoms with Crippen LogP contribution in [0.4, 0.5) is 0 Å². The van der Waals surface area contributed by atoms with Gasteiger partial charge in [-0.05, 0) is 16.7 Å². The molecule has 0 bridgehead atoms. The van der Waals surface area contributed by atoms with Crippen LogP contribution in [0.15, 0.2) is 96.2 Å². The van der Waals surface area contributed by atoms with E-state index in [0.29, 0.717) is 19.8 Å². The van der Waals surface area contributed by atoms with Crippen LogP contribution in [-0.2, 0) is 19.9 Å². The summed E-state index contributed by atoms with van der Waals surface area (Å²) in [5.41, 5.74) is 3.53. The molecule has 4 heteroatoms. The topological polar surface area (TPSA) is 40.0 Å². The molecule has 3 aromatic rings. The highest BCUT2D eigenvalue weighted by atomic mass is 16.6. The van der Waals surface area contributed by atoms with Gasteiger partial charge in [-0.25, -0.2) is 0 Å². The largest absolute Gasteiger partial charge is 0.395 e. The van der Waals surface area contributed by atoms with E-state index >= 15 is 0 Å². The second-order valence-electron chi connectivity index (χ2n) is 7.42. The number of oxime groups is 1. The smallest absolute Gasteiger partial charge is 0.143 e. The molecule has 0 saturated carbocycles. The maximum atomic E-state index is 6.84. The number of ether oxygens (including phenoxy) is 2. The molecule has 0 aromatic heterocycles. The van der Waals surface area contributed by atoms with E-state index in [1.807, 2.05) is 18.2 Å². The molecule has 4 nitrogen and oxygen atoms in total. The Labute approximate surface area is 170 Å². The van der Waals surface area contributed by atoms with Gasteiger partial charge < -0.3 is 14.3 Å². The van der Waals surface area contributed by atoms with Crippen molar-refractivity contribution in [3.05, 3.63) is 108 Å². The summed E-state index contributed by atoms with van der Waals surface area (Å²) in [4.78, 5) is 5.28. The van der Waals surface area contributed by atoms with Gasteiger partial charge in [-0.2, -0.15) is 0 Å². The molecular formula is C25H23NO3. The van der Waals surface area contributed by atoms with Gasteiger partial charge in [-0.1, -0.05) is 96.2 Å². The molecule has 1 fully saturated rings. The Morgan fingerprint density at radius 3 is 1.83 bits per heavy atom. The fraction of sp³-hybridized carbons (Fsp3) is 0.240. The molecule has 2 aliphatic rings. The van der Waals surface area contributed by atoms with Crippen LogP contribution in [0.5, 0.6) is 0 Å². The van der Waals surface area contributed by atoms with Crippen molar-refractivity contribution in [2.75, 3.05) is 19.8 Å². The zero-order valence-electron chi connectivity index (χ0n) is 16.1. The summed E-state index contributed by atoms with van der Waals surface area (Å²) in [6.45, 7) is 1.54. The van der Waals surface area contributed by atoms with E-state index in [0.717, 1.165) is 22.4 Å². The first kappa shape index (κ1) is 18.1. The highest BCUT2D eigenvalue weighted by Crippen LogP contribution is 2.41. The molecule has 0 amide bonds. The highest BCUT2D eigenvalue weighted by molar-refractivity contribution is 5.90. The van der Waals surface area contributed by atoms with E-state index in [-0.39, 0.29) is 12.0 Å². The van der Waals surface area contributed by atoms with Gasteiger partial charge >= 0.3 is 0 Å². The number of hydrogen-bond acceptors (Lipinski definition) is 4. The SMILES string of the molecule is c1ccc(C(OCC2OCC3=NOC[C@H]32)(c2ccccc2)c2ccccc2)cc1. The molecule has 146 valence electrons. The molecule has 0 aliphatic carbocycles. The Kier molecular flexibility index (Phi) is 4.88. The average molecular weight is 385 g/mol. The number of rotatable bonds is 6.